The van der Waals surface area contributed by atoms with Crippen molar-refractivity contribution in [1.29, 1.82) is 0 Å². The van der Waals surface area contributed by atoms with Gasteiger partial charge in [-0.1, -0.05) is 68.8 Å². The number of benzene rings is 3. The van der Waals surface area contributed by atoms with E-state index in [9.17, 15) is 32.7 Å². The molecule has 2 aromatic heterocycles. The van der Waals surface area contributed by atoms with E-state index in [-0.39, 0.29) is 110 Å². The zero-order chi connectivity index (χ0) is 60.0. The number of nitrogens with zero attached hydrogens (tertiary/aromatic N) is 5. The molecule has 4 heterocycles. The molecule has 83 heavy (non-hydrogen) atoms. The highest BCUT2D eigenvalue weighted by Crippen LogP contribution is 2.39. The monoisotopic (exact) mass is 1200 g/mol. The molecule has 3 atom stereocenters. The third-order valence-electron chi connectivity index (χ3n) is 14.5. The second-order valence-corrected chi connectivity index (χ2v) is 26.3. The Kier molecular flexibility index (Phi) is 22.9. The first-order chi connectivity index (χ1) is 39.5. The highest BCUT2D eigenvalue weighted by atomic mass is 35.5. The van der Waals surface area contributed by atoms with Gasteiger partial charge in [0.25, 0.3) is 0 Å². The van der Waals surface area contributed by atoms with E-state index in [1.807, 2.05) is 89.2 Å². The van der Waals surface area contributed by atoms with E-state index in [1.54, 1.807) is 49.4 Å². The van der Waals surface area contributed by atoms with Crippen molar-refractivity contribution in [3.8, 4) is 16.2 Å². The van der Waals surface area contributed by atoms with Crippen LogP contribution in [0, 0.1) is 19.3 Å². The predicted molar refractivity (Wildman–Crippen MR) is 321 cm³/mol. The Morgan fingerprint density at radius 3 is 2.16 bits per heavy atom. The van der Waals surface area contributed by atoms with E-state index in [4.69, 9.17) is 30.5 Å². The van der Waals surface area contributed by atoms with Crippen LogP contribution < -0.4 is 26.0 Å². The van der Waals surface area contributed by atoms with Crippen molar-refractivity contribution in [2.24, 2.45) is 5.41 Å². The summed E-state index contributed by atoms with van der Waals surface area (Å²) in [5.41, 5.74) is 7.17. The fourth-order valence-corrected chi connectivity index (χ4v) is 12.1. The molecule has 0 spiro atoms. The maximum atomic E-state index is 14.0. The van der Waals surface area contributed by atoms with Crippen LogP contribution in [0.3, 0.4) is 0 Å². The number of para-hydroxylation sites is 1. The van der Waals surface area contributed by atoms with Gasteiger partial charge in [-0.25, -0.2) is 18.4 Å². The number of aliphatic hydroxyl groups is 1. The number of anilines is 4. The van der Waals surface area contributed by atoms with Crippen LogP contribution in [0.4, 0.5) is 23.1 Å². The van der Waals surface area contributed by atoms with E-state index in [1.165, 1.54) is 11.1 Å². The van der Waals surface area contributed by atoms with Gasteiger partial charge in [0, 0.05) is 39.0 Å². The molecular weight excluding hydrogens is 1120 g/mol. The number of hydrogen-bond acceptors (Lipinski definition) is 17. The average molecular weight is 1200 g/mol. The summed E-state index contributed by atoms with van der Waals surface area (Å²) in [5, 5.41) is 22.4. The number of aryl methyl sites for hydroxylation is 2. The molecule has 2 saturated heterocycles. The number of likely N-dealkylation sites (tertiary alicyclic amines) is 2. The number of rotatable bonds is 27. The van der Waals surface area contributed by atoms with Crippen molar-refractivity contribution >= 4 is 79.5 Å². The van der Waals surface area contributed by atoms with Gasteiger partial charge in [-0.2, -0.15) is 4.98 Å². The van der Waals surface area contributed by atoms with Gasteiger partial charge in [-0.15, -0.1) is 11.3 Å². The molecule has 450 valence electrons. The lowest BCUT2D eigenvalue weighted by Crippen LogP contribution is -2.57. The Hall–Kier alpha value is -6.27. The van der Waals surface area contributed by atoms with Crippen LogP contribution in [0.2, 0.25) is 5.02 Å². The second kappa shape index (κ2) is 29.5. The number of halogens is 1. The Balaban J connectivity index is 0.777. The summed E-state index contributed by atoms with van der Waals surface area (Å²) in [7, 11) is -3.60. The van der Waals surface area contributed by atoms with Crippen LogP contribution in [-0.4, -0.2) is 151 Å². The first kappa shape index (κ1) is 64.3. The summed E-state index contributed by atoms with van der Waals surface area (Å²) < 4.78 is 49.6. The third-order valence-corrected chi connectivity index (χ3v) is 17.9. The molecule has 7 rings (SSSR count). The zero-order valence-electron chi connectivity index (χ0n) is 49.0. The number of aromatic nitrogens is 3. The third kappa shape index (κ3) is 17.6. The minimum atomic E-state index is -3.60. The molecule has 2 aliphatic rings. The summed E-state index contributed by atoms with van der Waals surface area (Å²) in [4.78, 5) is 71.7. The van der Waals surface area contributed by atoms with Crippen molar-refractivity contribution in [3.63, 3.8) is 0 Å². The molecular formula is C60H80ClN9O11S2. The Morgan fingerprint density at radius 1 is 0.855 bits per heavy atom. The normalized spacial score (nSPS) is 16.3. The topological polar surface area (TPSA) is 253 Å². The first-order valence-electron chi connectivity index (χ1n) is 28.3. The summed E-state index contributed by atoms with van der Waals surface area (Å²) in [6.07, 6.45) is 2.33. The lowest BCUT2D eigenvalue weighted by Gasteiger charge is -2.35. The Morgan fingerprint density at radius 2 is 1.52 bits per heavy atom. The molecule has 3 aromatic carbocycles. The fraction of sp³-hybridized carbons (Fsp3) is 0.517. The van der Waals surface area contributed by atoms with Gasteiger partial charge in [0.1, 0.15) is 22.9 Å². The SMILES string of the molecule is Cc1cc(Nc2ncc(Cl)c(Nc3ccccc3S(=O)(=O)C(C)C)n2)c(OC(C)C)cc1C1CCN(C(=O)CCOCCOCCOCCC(=O)N[C@H](C(=O)N2C[C@H](O)C[C@H]2C(=O)NCc2ccc(-c3scnc3C)cc2)C(C)(C)C)CC1. The molecule has 0 saturated carbocycles. The molecule has 20 nitrogen and oxygen atoms in total. The molecule has 0 unspecified atom stereocenters. The molecule has 5 N–H and O–H groups in total. The molecule has 5 aromatic rings. The van der Waals surface area contributed by atoms with Crippen LogP contribution in [0.1, 0.15) is 109 Å². The maximum Gasteiger partial charge on any atom is 0.246 e. The number of piperidine rings is 1. The van der Waals surface area contributed by atoms with Crippen molar-refractivity contribution < 1.29 is 51.6 Å². The van der Waals surface area contributed by atoms with E-state index >= 15 is 0 Å². The first-order valence-corrected chi connectivity index (χ1v) is 31.1. The van der Waals surface area contributed by atoms with Crippen LogP contribution in [0.25, 0.3) is 10.4 Å². The number of aliphatic hydroxyl groups excluding tert-OH is 1. The number of carbonyl (C=O) groups is 4. The summed E-state index contributed by atoms with van der Waals surface area (Å²) in [5.74, 6) is 0.114. The van der Waals surface area contributed by atoms with Crippen LogP contribution >= 0.6 is 22.9 Å². The summed E-state index contributed by atoms with van der Waals surface area (Å²) in [6, 6.07) is 16.7. The quantitative estimate of drug-likeness (QED) is 0.0308. The van der Waals surface area contributed by atoms with Gasteiger partial charge in [0.05, 0.1) is 102 Å². The molecule has 2 aliphatic heterocycles. The van der Waals surface area contributed by atoms with E-state index in [0.29, 0.717) is 43.4 Å². The van der Waals surface area contributed by atoms with Gasteiger partial charge in [-0.05, 0) is 112 Å². The van der Waals surface area contributed by atoms with Gasteiger partial charge < -0.3 is 55.1 Å². The lowest BCUT2D eigenvalue weighted by atomic mass is 9.85. The standard InChI is InChI=1S/C60H80ClN9O11S2/c1-37(2)81-50-32-45(39(5)30-48(50)66-59-63-34-46(61)56(68-59)65-47-12-10-11-13-51(47)83(76,77)38(3)4)42-18-22-69(23-19-42)53(73)21-25-79-27-29-80-28-26-78-24-20-52(72)67-55(60(7,8)9)58(75)70-35-44(71)31-49(70)57(74)62-33-41-14-16-43(17-15-41)54-40(6)64-36-82-54/h10-17,30,32,34,36-38,42,44,49,55,71H,18-29,31,33,35H2,1-9H3,(H,62,74)(H,67,72)(H2,63,65,66,68)/t44-,49+,55-/m1/s1. The molecule has 23 heteroatoms. The highest BCUT2D eigenvalue weighted by molar-refractivity contribution is 7.92. The number of sulfone groups is 1. The predicted octanol–water partition coefficient (Wildman–Crippen LogP) is 8.67. The van der Waals surface area contributed by atoms with E-state index < -0.39 is 44.6 Å². The summed E-state index contributed by atoms with van der Waals surface area (Å²) in [6.45, 7) is 19.6. The number of nitrogens with one attached hydrogen (secondary N) is 4. The Labute approximate surface area is 496 Å². The largest absolute Gasteiger partial charge is 0.489 e. The smallest absolute Gasteiger partial charge is 0.246 e. The van der Waals surface area contributed by atoms with Crippen molar-refractivity contribution in [3.05, 3.63) is 99.8 Å². The maximum absolute atomic E-state index is 14.0. The van der Waals surface area contributed by atoms with Gasteiger partial charge in [-0.3, -0.25) is 19.2 Å². The molecule has 4 amide bonds. The van der Waals surface area contributed by atoms with Crippen molar-refractivity contribution in [1.82, 2.24) is 35.4 Å². The van der Waals surface area contributed by atoms with E-state index in [0.717, 1.165) is 45.7 Å². The highest BCUT2D eigenvalue weighted by Gasteiger charge is 2.44. The summed E-state index contributed by atoms with van der Waals surface area (Å²) >= 11 is 8.09. The number of ether oxygens (including phenoxy) is 4. The average Bonchev–Trinajstić information content (AvgIpc) is 4.16. The number of β-amino-alcohol motifs (C(OH)–C–C–N with tert-alkyl or cyclic N) is 1. The lowest BCUT2D eigenvalue weighted by molar-refractivity contribution is -0.144. The second-order valence-electron chi connectivity index (χ2n) is 22.5. The fourth-order valence-electron chi connectivity index (χ4n) is 9.91. The Bertz CT molecular complexity index is 3130. The van der Waals surface area contributed by atoms with Crippen molar-refractivity contribution in [2.75, 3.05) is 69.9 Å². The van der Waals surface area contributed by atoms with Crippen molar-refractivity contribution in [2.45, 2.75) is 141 Å². The van der Waals surface area contributed by atoms with E-state index in [2.05, 4.69) is 42.3 Å². The molecule has 0 radical (unpaired) electrons. The minimum absolute atomic E-state index is 0.000206. The van der Waals surface area contributed by atoms with Gasteiger partial charge in [0.15, 0.2) is 15.7 Å². The van der Waals surface area contributed by atoms with Gasteiger partial charge in [0.2, 0.25) is 29.6 Å². The number of hydrogen-bond donors (Lipinski definition) is 5. The van der Waals surface area contributed by atoms with Crippen LogP contribution in [0.15, 0.2) is 77.3 Å². The minimum Gasteiger partial charge on any atom is -0.489 e. The zero-order valence-corrected chi connectivity index (χ0v) is 51.3. The number of amides is 4. The van der Waals surface area contributed by atoms with Crippen LogP contribution in [-0.2, 0) is 49.8 Å². The van der Waals surface area contributed by atoms with Crippen LogP contribution in [0.5, 0.6) is 5.75 Å². The molecule has 0 bridgehead atoms. The molecule has 2 fully saturated rings. The number of thiazole rings is 1. The molecule has 0 aliphatic carbocycles. The van der Waals surface area contributed by atoms with Gasteiger partial charge >= 0.3 is 0 Å². The number of carbonyl (C=O) groups excluding carboxylic acids is 4.